The lowest BCUT2D eigenvalue weighted by molar-refractivity contribution is 0.108. The van der Waals surface area contributed by atoms with Crippen LogP contribution < -0.4 is 20.7 Å². The van der Waals surface area contributed by atoms with E-state index >= 15 is 0 Å². The van der Waals surface area contributed by atoms with E-state index in [9.17, 15) is 5.11 Å². The van der Waals surface area contributed by atoms with Crippen LogP contribution >= 0.6 is 0 Å². The fourth-order valence-corrected chi connectivity index (χ4v) is 3.93. The minimum absolute atomic E-state index is 0.195. The molecule has 0 radical (unpaired) electrons. The summed E-state index contributed by atoms with van der Waals surface area (Å²) in [4.78, 5) is 11.5. The Hall–Kier alpha value is -3.28. The van der Waals surface area contributed by atoms with Gasteiger partial charge in [0.25, 0.3) is 0 Å². The minimum Gasteiger partial charge on any atom is -0.491 e. The lowest BCUT2D eigenvalue weighted by Gasteiger charge is -2.29. The summed E-state index contributed by atoms with van der Waals surface area (Å²) in [6, 6.07) is 7.48. The van der Waals surface area contributed by atoms with Gasteiger partial charge in [0.15, 0.2) is 11.6 Å². The second-order valence-electron chi connectivity index (χ2n) is 8.61. The Morgan fingerprint density at radius 2 is 2.06 bits per heavy atom. The van der Waals surface area contributed by atoms with Crippen molar-refractivity contribution in [3.8, 4) is 17.1 Å². The maximum atomic E-state index is 9.85. The van der Waals surface area contributed by atoms with Crippen LogP contribution in [0.25, 0.3) is 11.4 Å². The first-order chi connectivity index (χ1) is 17.0. The molecule has 35 heavy (non-hydrogen) atoms. The lowest BCUT2D eigenvalue weighted by atomic mass is 10.2. The van der Waals surface area contributed by atoms with E-state index in [0.717, 1.165) is 49.1 Å². The van der Waals surface area contributed by atoms with E-state index in [1.54, 1.807) is 13.4 Å². The van der Waals surface area contributed by atoms with Crippen LogP contribution in [0, 0.1) is 6.92 Å². The highest BCUT2D eigenvalue weighted by Crippen LogP contribution is 2.29. The van der Waals surface area contributed by atoms with Crippen molar-refractivity contribution in [2.24, 2.45) is 0 Å². The number of rotatable bonds is 7. The average molecular weight is 483 g/mol. The maximum Gasteiger partial charge on any atom is 0.164 e. The Bertz CT molecular complexity index is 1090. The molecule has 0 saturated carbocycles. The van der Waals surface area contributed by atoms with Gasteiger partial charge in [-0.15, -0.1) is 10.2 Å². The van der Waals surface area contributed by atoms with E-state index in [2.05, 4.69) is 25.4 Å². The van der Waals surface area contributed by atoms with Crippen molar-refractivity contribution in [1.82, 2.24) is 30.0 Å². The fraction of sp³-hybridized carbons (Fsp3) is 0.500. The normalized spacial score (nSPS) is 15.8. The number of aliphatic hydroxyl groups excluding tert-OH is 1. The number of nitrogens with zero attached hydrogens (tertiary/aromatic N) is 6. The second kappa shape index (κ2) is 11.9. The molecule has 4 heterocycles. The van der Waals surface area contributed by atoms with E-state index in [1.807, 2.05) is 35.8 Å². The monoisotopic (exact) mass is 482 g/mol. The van der Waals surface area contributed by atoms with Crippen LogP contribution in [-0.4, -0.2) is 75.9 Å². The molecule has 11 heteroatoms. The van der Waals surface area contributed by atoms with E-state index in [-0.39, 0.29) is 6.61 Å². The molecule has 0 aliphatic carbocycles. The van der Waals surface area contributed by atoms with E-state index in [0.29, 0.717) is 30.5 Å². The predicted octanol–water partition coefficient (Wildman–Crippen LogP) is 1.40. The molecule has 1 fully saturated rings. The number of hydrogen-bond donors (Lipinski definition) is 3. The summed E-state index contributed by atoms with van der Waals surface area (Å²) in [6.07, 6.45) is 3.72. The smallest absolute Gasteiger partial charge is 0.164 e. The van der Waals surface area contributed by atoms with Gasteiger partial charge < -0.3 is 35.1 Å². The molecule has 11 nitrogen and oxygen atoms in total. The zero-order chi connectivity index (χ0) is 24.6. The van der Waals surface area contributed by atoms with E-state index < -0.39 is 6.10 Å². The van der Waals surface area contributed by atoms with Crippen LogP contribution in [0.3, 0.4) is 0 Å². The van der Waals surface area contributed by atoms with Gasteiger partial charge in [-0.1, -0.05) is 12.1 Å². The van der Waals surface area contributed by atoms with Crippen LogP contribution in [0.2, 0.25) is 0 Å². The van der Waals surface area contributed by atoms with Gasteiger partial charge in [0, 0.05) is 44.0 Å². The van der Waals surface area contributed by atoms with Gasteiger partial charge in [-0.05, 0) is 38.9 Å². The highest BCUT2D eigenvalue weighted by Gasteiger charge is 2.22. The first-order valence-electron chi connectivity index (χ1n) is 11.9. The number of nitrogens with two attached hydrogens (primary N) is 1. The number of aliphatic hydroxyl groups is 1. The number of nitrogen functional groups attached to an aromatic ring is 1. The van der Waals surface area contributed by atoms with Gasteiger partial charge in [0.05, 0.1) is 6.54 Å². The molecule has 2 aliphatic rings. The molecule has 1 unspecified atom stereocenters. The van der Waals surface area contributed by atoms with Gasteiger partial charge in [0.2, 0.25) is 0 Å². The summed E-state index contributed by atoms with van der Waals surface area (Å²) in [6.45, 7) is 6.78. The van der Waals surface area contributed by atoms with E-state index in [4.69, 9.17) is 20.2 Å². The zero-order valence-electron chi connectivity index (χ0n) is 20.4. The second-order valence-corrected chi connectivity index (χ2v) is 8.61. The summed E-state index contributed by atoms with van der Waals surface area (Å²) in [5.74, 6) is 3.30. The van der Waals surface area contributed by atoms with Gasteiger partial charge >= 0.3 is 0 Å². The predicted molar refractivity (Wildman–Crippen MR) is 133 cm³/mol. The molecular weight excluding hydrogens is 448 g/mol. The highest BCUT2D eigenvalue weighted by atomic mass is 16.5. The largest absolute Gasteiger partial charge is 0.491 e. The molecule has 3 aromatic rings. The minimum atomic E-state index is -0.585. The third-order valence-electron chi connectivity index (χ3n) is 5.90. The summed E-state index contributed by atoms with van der Waals surface area (Å²) in [5.41, 5.74) is 7.86. The number of ether oxygens (including phenoxy) is 2. The Balaban J connectivity index is 0.000000514. The highest BCUT2D eigenvalue weighted by molar-refractivity contribution is 5.66. The first kappa shape index (κ1) is 24.8. The molecule has 2 aliphatic heterocycles. The number of aromatic nitrogens is 5. The third kappa shape index (κ3) is 6.44. The summed E-state index contributed by atoms with van der Waals surface area (Å²) in [5, 5.41) is 20.9. The molecule has 188 valence electrons. The Kier molecular flexibility index (Phi) is 8.45. The number of likely N-dealkylation sites (N-methyl/N-ethyl adjacent to an activating group) is 1. The third-order valence-corrected chi connectivity index (χ3v) is 5.90. The van der Waals surface area contributed by atoms with Gasteiger partial charge in [0.1, 0.15) is 36.4 Å². The molecule has 5 rings (SSSR count). The number of anilines is 2. The topological polar surface area (TPSA) is 136 Å². The molecule has 0 spiro atoms. The summed E-state index contributed by atoms with van der Waals surface area (Å²) >= 11 is 0. The number of hydrogen-bond acceptors (Lipinski definition) is 10. The zero-order valence-corrected chi connectivity index (χ0v) is 20.4. The molecular formula is C24H34N8O3. The van der Waals surface area contributed by atoms with Crippen molar-refractivity contribution in [2.45, 2.75) is 39.0 Å². The lowest BCUT2D eigenvalue weighted by Crippen LogP contribution is -2.35. The van der Waals surface area contributed by atoms with Crippen LogP contribution in [0.15, 0.2) is 30.6 Å². The van der Waals surface area contributed by atoms with Crippen molar-refractivity contribution in [1.29, 1.82) is 0 Å². The molecule has 0 bridgehead atoms. The quantitative estimate of drug-likeness (QED) is 0.453. The molecule has 2 aromatic heterocycles. The van der Waals surface area contributed by atoms with Crippen LogP contribution in [0.1, 0.15) is 24.2 Å². The molecule has 1 atom stereocenters. The van der Waals surface area contributed by atoms with Crippen molar-refractivity contribution in [2.75, 3.05) is 50.6 Å². The summed E-state index contributed by atoms with van der Waals surface area (Å²) in [7, 11) is 1.78. The van der Waals surface area contributed by atoms with Gasteiger partial charge in [-0.3, -0.25) is 0 Å². The Morgan fingerprint density at radius 3 is 2.80 bits per heavy atom. The SMILES string of the molecule is C1CCOC1.CNCC(O)COc1cccc(-c2nc(N)c(C)c(N3CCn4cnnc4C3)n2)c1. The fourth-order valence-electron chi connectivity index (χ4n) is 3.93. The van der Waals surface area contributed by atoms with Crippen molar-refractivity contribution in [3.05, 3.63) is 42.0 Å². The summed E-state index contributed by atoms with van der Waals surface area (Å²) < 4.78 is 12.7. The Labute approximate surface area is 205 Å². The van der Waals surface area contributed by atoms with Gasteiger partial charge in [-0.25, -0.2) is 9.97 Å². The molecule has 0 amide bonds. The van der Waals surface area contributed by atoms with Crippen LogP contribution in [-0.2, 0) is 17.8 Å². The van der Waals surface area contributed by atoms with Crippen LogP contribution in [0.4, 0.5) is 11.6 Å². The van der Waals surface area contributed by atoms with Gasteiger partial charge in [-0.2, -0.15) is 0 Å². The van der Waals surface area contributed by atoms with Crippen molar-refractivity contribution in [3.63, 3.8) is 0 Å². The van der Waals surface area contributed by atoms with Crippen molar-refractivity contribution >= 4 is 11.6 Å². The number of nitrogens with one attached hydrogen (secondary N) is 1. The molecule has 1 aromatic carbocycles. The Morgan fingerprint density at radius 1 is 1.23 bits per heavy atom. The van der Waals surface area contributed by atoms with E-state index in [1.165, 1.54) is 12.8 Å². The van der Waals surface area contributed by atoms with Crippen molar-refractivity contribution < 1.29 is 14.6 Å². The number of fused-ring (bicyclic) bond motifs is 1. The standard InChI is InChI=1S/C20H26N8O2.C4H8O/c1-13-18(21)24-19(14-4-3-5-16(8-14)30-11-15(29)9-22-2)25-20(13)27-6-7-28-12-23-26-17(28)10-27;1-2-4-5-3-1/h3-5,8,12,15,22,29H,6-7,9-11H2,1-2H3,(H2,21,24,25);1-4H2. The average Bonchev–Trinajstić information content (AvgIpc) is 3.60. The first-order valence-corrected chi connectivity index (χ1v) is 11.9. The molecule has 1 saturated heterocycles. The maximum absolute atomic E-state index is 9.85. The number of benzene rings is 1. The molecule has 4 N–H and O–H groups in total. The van der Waals surface area contributed by atoms with Crippen LogP contribution in [0.5, 0.6) is 5.75 Å².